The molecule has 4 nitrogen and oxygen atoms in total. The van der Waals surface area contributed by atoms with Gasteiger partial charge in [0, 0.05) is 29.5 Å². The molecule has 0 saturated heterocycles. The van der Waals surface area contributed by atoms with Crippen molar-refractivity contribution in [3.63, 3.8) is 0 Å². The molecule has 0 radical (unpaired) electrons. The maximum absolute atomic E-state index is 12.0. The summed E-state index contributed by atoms with van der Waals surface area (Å²) in [5, 5.41) is 10.5. The van der Waals surface area contributed by atoms with Gasteiger partial charge < -0.3 is 5.32 Å². The van der Waals surface area contributed by atoms with Crippen molar-refractivity contribution in [1.82, 2.24) is 10.2 Å². The normalized spacial score (nSPS) is 21.6. The summed E-state index contributed by atoms with van der Waals surface area (Å²) in [7, 11) is 0. The van der Waals surface area contributed by atoms with Gasteiger partial charge >= 0.3 is 0 Å². The Kier molecular flexibility index (Phi) is 2.84. The van der Waals surface area contributed by atoms with E-state index in [0.717, 1.165) is 5.82 Å². The number of carbonyl (C=O) groups is 1. The van der Waals surface area contributed by atoms with Gasteiger partial charge in [0.1, 0.15) is 0 Å². The van der Waals surface area contributed by atoms with Crippen LogP contribution in [0.25, 0.3) is 0 Å². The van der Waals surface area contributed by atoms with Gasteiger partial charge in [-0.15, -0.1) is 0 Å². The van der Waals surface area contributed by atoms with Crippen molar-refractivity contribution in [3.05, 3.63) is 46.6 Å². The van der Waals surface area contributed by atoms with Gasteiger partial charge in [0.15, 0.2) is 5.82 Å². The Hall–Kier alpha value is -2.10. The van der Waals surface area contributed by atoms with Crippen molar-refractivity contribution in [3.8, 4) is 0 Å². The molecular weight excluding hydrogens is 262 g/mol. The van der Waals surface area contributed by atoms with Crippen LogP contribution >= 0.6 is 0 Å². The fourth-order valence-corrected chi connectivity index (χ4v) is 3.46. The standard InChI is InChI=1S/C17H19N3O/c1-10-4-2-7-12(8-10)13-9-14(21)18-17-15(13)16(19-20-17)11-5-3-6-11/h2,4,7-8,11,13H,3,5-6,9H2,1H3,(H2,18,19,20,21). The summed E-state index contributed by atoms with van der Waals surface area (Å²) in [5.74, 6) is 1.51. The van der Waals surface area contributed by atoms with Gasteiger partial charge in [0.25, 0.3) is 0 Å². The predicted molar refractivity (Wildman–Crippen MR) is 81.4 cm³/mol. The third kappa shape index (κ3) is 2.06. The SMILES string of the molecule is Cc1cccc(C2CC(=O)Nc3n[nH]c(C4CCC4)c32)c1. The molecule has 2 N–H and O–H groups in total. The fourth-order valence-electron chi connectivity index (χ4n) is 3.46. The average Bonchev–Trinajstić information content (AvgIpc) is 2.79. The van der Waals surface area contributed by atoms with Gasteiger partial charge in [-0.25, -0.2) is 0 Å². The zero-order chi connectivity index (χ0) is 14.4. The highest BCUT2D eigenvalue weighted by atomic mass is 16.1. The Morgan fingerprint density at radius 1 is 1.29 bits per heavy atom. The monoisotopic (exact) mass is 281 g/mol. The minimum atomic E-state index is 0.0562. The van der Waals surface area contributed by atoms with E-state index >= 15 is 0 Å². The van der Waals surface area contributed by atoms with E-state index in [1.807, 2.05) is 0 Å². The summed E-state index contributed by atoms with van der Waals surface area (Å²) < 4.78 is 0. The molecule has 1 saturated carbocycles. The Balaban J connectivity index is 1.82. The molecular formula is C17H19N3O. The molecule has 1 aliphatic heterocycles. The van der Waals surface area contributed by atoms with Crippen LogP contribution in [0, 0.1) is 6.92 Å². The number of amides is 1. The molecule has 1 aliphatic carbocycles. The molecule has 0 spiro atoms. The number of aromatic amines is 1. The van der Waals surface area contributed by atoms with Gasteiger partial charge in [0.05, 0.1) is 0 Å². The van der Waals surface area contributed by atoms with Crippen molar-refractivity contribution in [2.75, 3.05) is 5.32 Å². The molecule has 2 heterocycles. The number of fused-ring (bicyclic) bond motifs is 1. The van der Waals surface area contributed by atoms with Crippen LogP contribution < -0.4 is 5.32 Å². The lowest BCUT2D eigenvalue weighted by atomic mass is 9.77. The molecule has 21 heavy (non-hydrogen) atoms. The smallest absolute Gasteiger partial charge is 0.226 e. The molecule has 1 atom stereocenters. The summed E-state index contributed by atoms with van der Waals surface area (Å²) >= 11 is 0. The number of rotatable bonds is 2. The van der Waals surface area contributed by atoms with E-state index in [1.165, 1.54) is 41.6 Å². The van der Waals surface area contributed by atoms with Crippen molar-refractivity contribution < 1.29 is 4.79 Å². The van der Waals surface area contributed by atoms with Crippen molar-refractivity contribution >= 4 is 11.7 Å². The lowest BCUT2D eigenvalue weighted by Crippen LogP contribution is -2.24. The Morgan fingerprint density at radius 2 is 2.14 bits per heavy atom. The topological polar surface area (TPSA) is 57.8 Å². The molecule has 1 unspecified atom stereocenters. The van der Waals surface area contributed by atoms with E-state index < -0.39 is 0 Å². The molecule has 2 aromatic rings. The molecule has 1 aromatic carbocycles. The van der Waals surface area contributed by atoms with Crippen LogP contribution in [0.2, 0.25) is 0 Å². The number of hydrogen-bond acceptors (Lipinski definition) is 2. The van der Waals surface area contributed by atoms with Crippen molar-refractivity contribution in [1.29, 1.82) is 0 Å². The van der Waals surface area contributed by atoms with Crippen LogP contribution in [0.3, 0.4) is 0 Å². The molecule has 1 aromatic heterocycles. The number of aryl methyl sites for hydroxylation is 1. The lowest BCUT2D eigenvalue weighted by Gasteiger charge is -2.29. The first-order chi connectivity index (χ1) is 10.2. The third-order valence-corrected chi connectivity index (χ3v) is 4.79. The maximum Gasteiger partial charge on any atom is 0.226 e. The number of anilines is 1. The number of H-pyrrole nitrogens is 1. The Bertz CT molecular complexity index is 700. The molecule has 4 heteroatoms. The number of benzene rings is 1. The summed E-state index contributed by atoms with van der Waals surface area (Å²) in [5.41, 5.74) is 4.90. The summed E-state index contributed by atoms with van der Waals surface area (Å²) in [4.78, 5) is 12.0. The molecule has 1 fully saturated rings. The summed E-state index contributed by atoms with van der Waals surface area (Å²) in [6, 6.07) is 8.47. The van der Waals surface area contributed by atoms with E-state index in [9.17, 15) is 4.79 Å². The molecule has 0 bridgehead atoms. The van der Waals surface area contributed by atoms with Gasteiger partial charge in [-0.3, -0.25) is 9.89 Å². The average molecular weight is 281 g/mol. The maximum atomic E-state index is 12.0. The first kappa shape index (κ1) is 12.6. The lowest BCUT2D eigenvalue weighted by molar-refractivity contribution is -0.116. The number of aromatic nitrogens is 2. The van der Waals surface area contributed by atoms with E-state index in [0.29, 0.717) is 12.3 Å². The molecule has 108 valence electrons. The van der Waals surface area contributed by atoms with Gasteiger partial charge in [-0.05, 0) is 25.3 Å². The number of carbonyl (C=O) groups excluding carboxylic acids is 1. The Labute approximate surface area is 124 Å². The molecule has 2 aliphatic rings. The van der Waals surface area contributed by atoms with Gasteiger partial charge in [-0.1, -0.05) is 36.2 Å². The largest absolute Gasteiger partial charge is 0.309 e. The highest BCUT2D eigenvalue weighted by Gasteiger charge is 2.35. The zero-order valence-corrected chi connectivity index (χ0v) is 12.1. The summed E-state index contributed by atoms with van der Waals surface area (Å²) in [6.07, 6.45) is 4.25. The van der Waals surface area contributed by atoms with Crippen LogP contribution in [0.5, 0.6) is 0 Å². The minimum Gasteiger partial charge on any atom is -0.309 e. The predicted octanol–water partition coefficient (Wildman–Crippen LogP) is 3.46. The second kappa shape index (κ2) is 4.72. The second-order valence-electron chi connectivity index (χ2n) is 6.25. The minimum absolute atomic E-state index is 0.0562. The van der Waals surface area contributed by atoms with Crippen LogP contribution in [-0.4, -0.2) is 16.1 Å². The fraction of sp³-hybridized carbons (Fsp3) is 0.412. The van der Waals surface area contributed by atoms with Crippen molar-refractivity contribution in [2.45, 2.75) is 44.4 Å². The first-order valence-corrected chi connectivity index (χ1v) is 7.67. The Morgan fingerprint density at radius 3 is 2.86 bits per heavy atom. The van der Waals surface area contributed by atoms with Crippen LogP contribution in [0.1, 0.15) is 59.9 Å². The van der Waals surface area contributed by atoms with Gasteiger partial charge in [0.2, 0.25) is 5.91 Å². The highest BCUT2D eigenvalue weighted by Crippen LogP contribution is 2.45. The van der Waals surface area contributed by atoms with Crippen molar-refractivity contribution in [2.24, 2.45) is 0 Å². The van der Waals surface area contributed by atoms with E-state index in [-0.39, 0.29) is 11.8 Å². The summed E-state index contributed by atoms with van der Waals surface area (Å²) in [6.45, 7) is 2.09. The first-order valence-electron chi connectivity index (χ1n) is 7.67. The van der Waals surface area contributed by atoms with E-state index in [1.54, 1.807) is 0 Å². The molecule has 1 amide bonds. The highest BCUT2D eigenvalue weighted by molar-refractivity contribution is 5.94. The number of nitrogens with zero attached hydrogens (tertiary/aromatic N) is 1. The van der Waals surface area contributed by atoms with E-state index in [2.05, 4.69) is 46.7 Å². The zero-order valence-electron chi connectivity index (χ0n) is 12.1. The van der Waals surface area contributed by atoms with E-state index in [4.69, 9.17) is 0 Å². The van der Waals surface area contributed by atoms with Crippen LogP contribution in [0.15, 0.2) is 24.3 Å². The van der Waals surface area contributed by atoms with Gasteiger partial charge in [-0.2, -0.15) is 5.10 Å². The third-order valence-electron chi connectivity index (χ3n) is 4.79. The number of nitrogens with one attached hydrogen (secondary N) is 2. The second-order valence-corrected chi connectivity index (χ2v) is 6.25. The number of hydrogen-bond donors (Lipinski definition) is 2. The quantitative estimate of drug-likeness (QED) is 0.885. The molecule has 4 rings (SSSR count). The van der Waals surface area contributed by atoms with Crippen LogP contribution in [0.4, 0.5) is 5.82 Å². The van der Waals surface area contributed by atoms with Crippen LogP contribution in [-0.2, 0) is 4.79 Å².